The number of esters is 1. The van der Waals surface area contributed by atoms with E-state index >= 15 is 0 Å². The van der Waals surface area contributed by atoms with Gasteiger partial charge < -0.3 is 20.3 Å². The maximum absolute atomic E-state index is 10.5. The molecule has 0 heterocycles. The summed E-state index contributed by atoms with van der Waals surface area (Å²) < 4.78 is 4.46. The molecular weight excluding hydrogens is 226 g/mol. The molecule has 0 aromatic heterocycles. The number of nitrogens with one attached hydrogen (secondary N) is 1. The lowest BCUT2D eigenvalue weighted by atomic mass is 10.4. The van der Waals surface area contributed by atoms with Gasteiger partial charge in [-0.2, -0.15) is 0 Å². The van der Waals surface area contributed by atoms with Crippen LogP contribution in [0.2, 0.25) is 0 Å². The van der Waals surface area contributed by atoms with E-state index in [0.717, 1.165) is 6.08 Å². The summed E-state index contributed by atoms with van der Waals surface area (Å²) in [5, 5.41) is 18.7. The third-order valence-corrected chi connectivity index (χ3v) is 1.27. The van der Waals surface area contributed by atoms with Gasteiger partial charge in [-0.05, 0) is 13.0 Å². The number of carbonyl (C=O) groups is 2. The van der Waals surface area contributed by atoms with Crippen molar-refractivity contribution in [3.8, 4) is 0 Å². The van der Waals surface area contributed by atoms with Gasteiger partial charge in [0.2, 0.25) is 5.91 Å². The zero-order valence-corrected chi connectivity index (χ0v) is 9.94. The summed E-state index contributed by atoms with van der Waals surface area (Å²) in [4.78, 5) is 20.7. The Balaban J connectivity index is 0. The number of ether oxygens (including phenoxy) is 1. The summed E-state index contributed by atoms with van der Waals surface area (Å²) in [5.41, 5.74) is 0.350. The molecule has 0 radical (unpaired) electrons. The molecule has 0 aromatic carbocycles. The highest BCUT2D eigenvalue weighted by molar-refractivity contribution is 5.87. The molecule has 6 nitrogen and oxygen atoms in total. The molecule has 0 saturated heterocycles. The van der Waals surface area contributed by atoms with Crippen molar-refractivity contribution >= 4 is 11.9 Å². The van der Waals surface area contributed by atoms with Crippen molar-refractivity contribution in [2.75, 3.05) is 26.4 Å². The van der Waals surface area contributed by atoms with Gasteiger partial charge in [-0.25, -0.2) is 4.79 Å². The lowest BCUT2D eigenvalue weighted by Crippen LogP contribution is -2.23. The lowest BCUT2D eigenvalue weighted by Gasteiger charge is -1.99. The largest absolute Gasteiger partial charge is 0.460 e. The van der Waals surface area contributed by atoms with E-state index in [4.69, 9.17) is 10.2 Å². The van der Waals surface area contributed by atoms with Gasteiger partial charge in [-0.1, -0.05) is 13.2 Å². The summed E-state index contributed by atoms with van der Waals surface area (Å²) in [5.74, 6) is -0.705. The summed E-state index contributed by atoms with van der Waals surface area (Å²) in [6.07, 6.45) is 1.16. The molecule has 0 atom stereocenters. The van der Waals surface area contributed by atoms with Crippen LogP contribution in [-0.4, -0.2) is 48.5 Å². The average Bonchev–Trinajstić information content (AvgIpc) is 2.33. The van der Waals surface area contributed by atoms with Crippen LogP contribution in [0.1, 0.15) is 6.92 Å². The second-order valence-electron chi connectivity index (χ2n) is 2.86. The highest BCUT2D eigenvalue weighted by Gasteiger charge is 1.99. The Labute approximate surface area is 101 Å². The molecule has 0 rings (SSSR count). The zero-order valence-electron chi connectivity index (χ0n) is 9.94. The fourth-order valence-electron chi connectivity index (χ4n) is 0.513. The Morgan fingerprint density at radius 3 is 2.29 bits per heavy atom. The molecule has 0 unspecified atom stereocenters. The minimum absolute atomic E-state index is 0.0282. The Morgan fingerprint density at radius 2 is 1.94 bits per heavy atom. The molecule has 98 valence electrons. The summed E-state index contributed by atoms with van der Waals surface area (Å²) >= 11 is 0. The van der Waals surface area contributed by atoms with Crippen LogP contribution in [-0.2, 0) is 14.3 Å². The number of rotatable bonds is 6. The van der Waals surface area contributed by atoms with E-state index in [1.165, 1.54) is 0 Å². The minimum atomic E-state index is -0.455. The van der Waals surface area contributed by atoms with Crippen LogP contribution in [0, 0.1) is 0 Å². The van der Waals surface area contributed by atoms with E-state index in [0.29, 0.717) is 12.1 Å². The maximum atomic E-state index is 10.5. The zero-order chi connectivity index (χ0) is 13.7. The van der Waals surface area contributed by atoms with Crippen LogP contribution >= 0.6 is 0 Å². The van der Waals surface area contributed by atoms with Gasteiger partial charge in [-0.3, -0.25) is 4.79 Å². The fraction of sp³-hybridized carbons (Fsp3) is 0.455. The van der Waals surface area contributed by atoms with E-state index in [1.54, 1.807) is 6.92 Å². The molecule has 3 N–H and O–H groups in total. The van der Waals surface area contributed by atoms with Gasteiger partial charge in [0.25, 0.3) is 0 Å². The molecule has 0 fully saturated rings. The molecule has 0 aliphatic rings. The first kappa shape index (κ1) is 17.7. The van der Waals surface area contributed by atoms with Crippen LogP contribution < -0.4 is 5.32 Å². The van der Waals surface area contributed by atoms with Crippen LogP contribution in [0.4, 0.5) is 0 Å². The Kier molecular flexibility index (Phi) is 12.9. The van der Waals surface area contributed by atoms with Crippen molar-refractivity contribution in [3.63, 3.8) is 0 Å². The molecule has 6 heteroatoms. The van der Waals surface area contributed by atoms with Crippen molar-refractivity contribution in [1.29, 1.82) is 0 Å². The Bertz CT molecular complexity index is 263. The normalized spacial score (nSPS) is 8.41. The predicted octanol–water partition coefficient (Wildman–Crippen LogP) is -0.621. The first-order valence-electron chi connectivity index (χ1n) is 4.94. The van der Waals surface area contributed by atoms with Crippen molar-refractivity contribution in [3.05, 3.63) is 24.8 Å². The SMILES string of the molecule is C=C(C)C(=O)OCCO.C=CC(=O)NCCO. The van der Waals surface area contributed by atoms with Gasteiger partial charge in [0, 0.05) is 12.1 Å². The minimum Gasteiger partial charge on any atom is -0.460 e. The molecule has 1 amide bonds. The van der Waals surface area contributed by atoms with Gasteiger partial charge in [-0.15, -0.1) is 0 Å². The number of aliphatic hydroxyl groups is 2. The van der Waals surface area contributed by atoms with Crippen LogP contribution in [0.5, 0.6) is 0 Å². The third kappa shape index (κ3) is 14.3. The van der Waals surface area contributed by atoms with Gasteiger partial charge in [0.1, 0.15) is 6.61 Å². The Morgan fingerprint density at radius 1 is 1.35 bits per heavy atom. The molecular formula is C11H19NO5. The summed E-state index contributed by atoms with van der Waals surface area (Å²) in [6, 6.07) is 0. The van der Waals surface area contributed by atoms with Crippen LogP contribution in [0.15, 0.2) is 24.8 Å². The van der Waals surface area contributed by atoms with Crippen LogP contribution in [0.3, 0.4) is 0 Å². The van der Waals surface area contributed by atoms with Gasteiger partial charge in [0.05, 0.1) is 13.2 Å². The number of hydrogen-bond donors (Lipinski definition) is 3. The average molecular weight is 245 g/mol. The van der Waals surface area contributed by atoms with Crippen molar-refractivity contribution < 1.29 is 24.5 Å². The number of amides is 1. The quantitative estimate of drug-likeness (QED) is 0.428. The van der Waals surface area contributed by atoms with Crippen molar-refractivity contribution in [2.24, 2.45) is 0 Å². The molecule has 0 aliphatic carbocycles. The van der Waals surface area contributed by atoms with E-state index in [1.807, 2.05) is 0 Å². The Hall–Kier alpha value is -1.66. The van der Waals surface area contributed by atoms with Gasteiger partial charge in [0.15, 0.2) is 0 Å². The standard InChI is InChI=1S/C6H10O3.C5H9NO2/c1-5(2)6(8)9-4-3-7;1-2-5(8)6-3-4-7/h7H,1,3-4H2,2H3;2,7H,1,3-4H2,(H,6,8). The van der Waals surface area contributed by atoms with E-state index in [-0.39, 0.29) is 25.7 Å². The first-order chi connectivity index (χ1) is 7.99. The number of hydrogen-bond acceptors (Lipinski definition) is 5. The second-order valence-corrected chi connectivity index (χ2v) is 2.86. The molecule has 0 aromatic rings. The third-order valence-electron chi connectivity index (χ3n) is 1.27. The van der Waals surface area contributed by atoms with Crippen molar-refractivity contribution in [1.82, 2.24) is 5.32 Å². The lowest BCUT2D eigenvalue weighted by molar-refractivity contribution is -0.139. The molecule has 0 bridgehead atoms. The van der Waals surface area contributed by atoms with E-state index < -0.39 is 5.97 Å². The van der Waals surface area contributed by atoms with Crippen molar-refractivity contribution in [2.45, 2.75) is 6.92 Å². The molecule has 0 spiro atoms. The fourth-order valence-corrected chi connectivity index (χ4v) is 0.513. The molecule has 0 saturated carbocycles. The highest BCUT2D eigenvalue weighted by atomic mass is 16.5. The smallest absolute Gasteiger partial charge is 0.333 e. The first-order valence-corrected chi connectivity index (χ1v) is 4.94. The summed E-state index contributed by atoms with van der Waals surface area (Å²) in [7, 11) is 0. The predicted molar refractivity (Wildman–Crippen MR) is 63.2 cm³/mol. The van der Waals surface area contributed by atoms with E-state index in [9.17, 15) is 9.59 Å². The highest BCUT2D eigenvalue weighted by Crippen LogP contribution is 1.89. The number of aliphatic hydroxyl groups excluding tert-OH is 2. The maximum Gasteiger partial charge on any atom is 0.333 e. The summed E-state index contributed by atoms with van der Waals surface area (Å²) in [6.45, 7) is 8.30. The second kappa shape index (κ2) is 12.4. The van der Waals surface area contributed by atoms with E-state index in [2.05, 4.69) is 23.2 Å². The number of carbonyl (C=O) groups excluding carboxylic acids is 2. The van der Waals surface area contributed by atoms with Crippen LogP contribution in [0.25, 0.3) is 0 Å². The molecule has 17 heavy (non-hydrogen) atoms. The molecule has 0 aliphatic heterocycles. The van der Waals surface area contributed by atoms with Gasteiger partial charge >= 0.3 is 5.97 Å². The topological polar surface area (TPSA) is 95.9 Å². The monoisotopic (exact) mass is 245 g/mol.